The Morgan fingerprint density at radius 1 is 1.41 bits per heavy atom. The molecule has 1 atom stereocenters. The molecule has 2 heterocycles. The molecule has 2 rings (SSSR count). The number of aromatic carboxylic acids is 1. The van der Waals surface area contributed by atoms with E-state index in [4.69, 9.17) is 14.3 Å². The van der Waals surface area contributed by atoms with E-state index in [0.29, 0.717) is 5.76 Å². The smallest absolute Gasteiger partial charge is 0.371 e. The fourth-order valence-corrected chi connectivity index (χ4v) is 1.84. The van der Waals surface area contributed by atoms with Crippen molar-refractivity contribution in [1.82, 2.24) is 4.90 Å². The first-order valence-corrected chi connectivity index (χ1v) is 5.33. The van der Waals surface area contributed by atoms with Crippen LogP contribution < -0.4 is 0 Å². The predicted molar refractivity (Wildman–Crippen MR) is 63.7 cm³/mol. The van der Waals surface area contributed by atoms with Crippen molar-refractivity contribution in [3.05, 3.63) is 23.7 Å². The van der Waals surface area contributed by atoms with Gasteiger partial charge in [-0.2, -0.15) is 0 Å². The summed E-state index contributed by atoms with van der Waals surface area (Å²) < 4.78 is 10.5. The molecule has 0 bridgehead atoms. The highest BCUT2D eigenvalue weighted by atomic mass is 35.5. The lowest BCUT2D eigenvalue weighted by molar-refractivity contribution is 0.0153. The summed E-state index contributed by atoms with van der Waals surface area (Å²) in [4.78, 5) is 12.9. The lowest BCUT2D eigenvalue weighted by atomic mass is 10.2. The number of morpholine rings is 1. The number of rotatable bonds is 3. The van der Waals surface area contributed by atoms with E-state index in [1.165, 1.54) is 6.07 Å². The molecule has 1 unspecified atom stereocenters. The molecule has 1 aliphatic heterocycles. The normalized spacial score (nSPS) is 18.4. The summed E-state index contributed by atoms with van der Waals surface area (Å²) in [7, 11) is 0. The number of hydrogen-bond acceptors (Lipinski definition) is 4. The van der Waals surface area contributed by atoms with E-state index in [1.54, 1.807) is 6.07 Å². The van der Waals surface area contributed by atoms with Gasteiger partial charge >= 0.3 is 5.97 Å². The van der Waals surface area contributed by atoms with Gasteiger partial charge in [-0.15, -0.1) is 12.4 Å². The van der Waals surface area contributed by atoms with Crippen LogP contribution in [0.2, 0.25) is 0 Å². The summed E-state index contributed by atoms with van der Waals surface area (Å²) in [5.41, 5.74) is 0. The van der Waals surface area contributed by atoms with Gasteiger partial charge in [0.05, 0.1) is 19.3 Å². The van der Waals surface area contributed by atoms with Gasteiger partial charge in [0.2, 0.25) is 5.76 Å². The minimum Gasteiger partial charge on any atom is -0.475 e. The average Bonchev–Trinajstić information content (AvgIpc) is 2.78. The van der Waals surface area contributed by atoms with E-state index < -0.39 is 5.97 Å². The third kappa shape index (κ3) is 3.21. The number of ether oxygens (including phenoxy) is 1. The van der Waals surface area contributed by atoms with E-state index in [1.807, 2.05) is 6.92 Å². The maximum Gasteiger partial charge on any atom is 0.371 e. The molecule has 1 fully saturated rings. The SMILES string of the molecule is CC(c1ccc(C(=O)O)o1)N1CCOCC1.Cl. The van der Waals surface area contributed by atoms with Crippen LogP contribution in [0.5, 0.6) is 0 Å². The molecule has 0 aromatic carbocycles. The second-order valence-corrected chi connectivity index (χ2v) is 3.83. The Morgan fingerprint density at radius 2 is 2.06 bits per heavy atom. The van der Waals surface area contributed by atoms with Gasteiger partial charge in [-0.1, -0.05) is 0 Å². The average molecular weight is 262 g/mol. The van der Waals surface area contributed by atoms with Crippen LogP contribution in [0.15, 0.2) is 16.5 Å². The van der Waals surface area contributed by atoms with Crippen molar-refractivity contribution < 1.29 is 19.1 Å². The summed E-state index contributed by atoms with van der Waals surface area (Å²) in [6.45, 7) is 5.15. The number of halogens is 1. The van der Waals surface area contributed by atoms with Crippen LogP contribution in [0.4, 0.5) is 0 Å². The zero-order chi connectivity index (χ0) is 11.5. The Morgan fingerprint density at radius 3 is 2.59 bits per heavy atom. The number of carboxylic acid groups (broad SMARTS) is 1. The van der Waals surface area contributed by atoms with E-state index in [-0.39, 0.29) is 24.2 Å². The highest BCUT2D eigenvalue weighted by molar-refractivity contribution is 5.85. The third-order valence-electron chi connectivity index (χ3n) is 2.84. The Kier molecular flexibility index (Phi) is 4.99. The van der Waals surface area contributed by atoms with Crippen LogP contribution in [0.25, 0.3) is 0 Å². The monoisotopic (exact) mass is 261 g/mol. The topological polar surface area (TPSA) is 62.9 Å². The molecule has 5 nitrogen and oxygen atoms in total. The highest BCUT2D eigenvalue weighted by Gasteiger charge is 2.22. The number of furan rings is 1. The maximum atomic E-state index is 10.7. The van der Waals surface area contributed by atoms with E-state index in [0.717, 1.165) is 26.3 Å². The minimum atomic E-state index is -1.03. The Hall–Kier alpha value is -1.04. The minimum absolute atomic E-state index is 0. The van der Waals surface area contributed by atoms with Crippen molar-refractivity contribution in [2.75, 3.05) is 26.3 Å². The van der Waals surface area contributed by atoms with Crippen LogP contribution in [0.3, 0.4) is 0 Å². The zero-order valence-corrected chi connectivity index (χ0v) is 10.4. The zero-order valence-electron chi connectivity index (χ0n) is 9.59. The van der Waals surface area contributed by atoms with Crippen molar-refractivity contribution in [3.8, 4) is 0 Å². The number of hydrogen-bond donors (Lipinski definition) is 1. The molecule has 17 heavy (non-hydrogen) atoms. The number of carbonyl (C=O) groups is 1. The van der Waals surface area contributed by atoms with E-state index in [2.05, 4.69) is 4.90 Å². The van der Waals surface area contributed by atoms with Crippen LogP contribution in [0, 0.1) is 0 Å². The Labute approximate surface area is 106 Å². The van der Waals surface area contributed by atoms with Gasteiger partial charge < -0.3 is 14.3 Å². The van der Waals surface area contributed by atoms with Crippen LogP contribution in [0.1, 0.15) is 29.3 Å². The number of nitrogens with zero attached hydrogens (tertiary/aromatic N) is 1. The molecule has 0 spiro atoms. The molecule has 0 radical (unpaired) electrons. The summed E-state index contributed by atoms with van der Waals surface area (Å²) in [6.07, 6.45) is 0. The van der Waals surface area contributed by atoms with Crippen molar-refractivity contribution in [2.24, 2.45) is 0 Å². The number of carboxylic acids is 1. The van der Waals surface area contributed by atoms with E-state index >= 15 is 0 Å². The summed E-state index contributed by atoms with van der Waals surface area (Å²) in [6, 6.07) is 3.31. The van der Waals surface area contributed by atoms with Gasteiger partial charge in [-0.05, 0) is 19.1 Å². The third-order valence-corrected chi connectivity index (χ3v) is 2.84. The molecule has 1 aromatic heterocycles. The fourth-order valence-electron chi connectivity index (χ4n) is 1.84. The van der Waals surface area contributed by atoms with Gasteiger partial charge in [0.15, 0.2) is 0 Å². The molecule has 1 aromatic rings. The van der Waals surface area contributed by atoms with Crippen LogP contribution in [-0.4, -0.2) is 42.3 Å². The first-order valence-electron chi connectivity index (χ1n) is 5.33. The van der Waals surface area contributed by atoms with Crippen LogP contribution in [-0.2, 0) is 4.74 Å². The summed E-state index contributed by atoms with van der Waals surface area (Å²) >= 11 is 0. The van der Waals surface area contributed by atoms with E-state index in [9.17, 15) is 4.79 Å². The van der Waals surface area contributed by atoms with Gasteiger partial charge in [0.1, 0.15) is 5.76 Å². The van der Waals surface area contributed by atoms with Gasteiger partial charge in [-0.25, -0.2) is 4.79 Å². The molecule has 1 N–H and O–H groups in total. The lowest BCUT2D eigenvalue weighted by Gasteiger charge is -2.30. The van der Waals surface area contributed by atoms with Gasteiger partial charge in [0, 0.05) is 13.1 Å². The highest BCUT2D eigenvalue weighted by Crippen LogP contribution is 2.23. The van der Waals surface area contributed by atoms with Crippen molar-refractivity contribution in [2.45, 2.75) is 13.0 Å². The molecular weight excluding hydrogens is 246 g/mol. The van der Waals surface area contributed by atoms with Crippen LogP contribution >= 0.6 is 12.4 Å². The molecule has 0 saturated carbocycles. The molecule has 0 amide bonds. The fraction of sp³-hybridized carbons (Fsp3) is 0.545. The molecule has 96 valence electrons. The largest absolute Gasteiger partial charge is 0.475 e. The molecule has 0 aliphatic carbocycles. The first-order chi connectivity index (χ1) is 7.68. The molecule has 1 aliphatic rings. The standard InChI is InChI=1S/C11H15NO4.ClH/c1-8(12-4-6-15-7-5-12)9-2-3-10(16-9)11(13)14;/h2-3,8H,4-7H2,1H3,(H,13,14);1H. The summed E-state index contributed by atoms with van der Waals surface area (Å²) in [5, 5.41) is 8.76. The van der Waals surface area contributed by atoms with Crippen molar-refractivity contribution in [1.29, 1.82) is 0 Å². The molecule has 1 saturated heterocycles. The molecule has 6 heteroatoms. The maximum absolute atomic E-state index is 10.7. The van der Waals surface area contributed by atoms with Gasteiger partial charge in [-0.3, -0.25) is 4.90 Å². The second kappa shape index (κ2) is 6.05. The van der Waals surface area contributed by atoms with Crippen molar-refractivity contribution >= 4 is 18.4 Å². The first kappa shape index (κ1) is 14.0. The molecular formula is C11H16ClNO4. The Balaban J connectivity index is 0.00000144. The van der Waals surface area contributed by atoms with Crippen molar-refractivity contribution in [3.63, 3.8) is 0 Å². The predicted octanol–water partition coefficient (Wildman–Crippen LogP) is 1.79. The lowest BCUT2D eigenvalue weighted by Crippen LogP contribution is -2.37. The van der Waals surface area contributed by atoms with Gasteiger partial charge in [0.25, 0.3) is 0 Å². The quantitative estimate of drug-likeness (QED) is 0.899. The Bertz CT molecular complexity index is 373. The second-order valence-electron chi connectivity index (χ2n) is 3.83. The summed E-state index contributed by atoms with van der Waals surface area (Å²) in [5.74, 6) is -0.338.